The summed E-state index contributed by atoms with van der Waals surface area (Å²) in [6.45, 7) is 5.41. The number of ketones is 1. The van der Waals surface area contributed by atoms with Gasteiger partial charge in [-0.2, -0.15) is 0 Å². The van der Waals surface area contributed by atoms with Gasteiger partial charge < -0.3 is 4.74 Å². The lowest BCUT2D eigenvalue weighted by Crippen LogP contribution is -2.39. The Hall–Kier alpha value is -0.450. The van der Waals surface area contributed by atoms with Crippen molar-refractivity contribution in [3.05, 3.63) is 0 Å². The number of ether oxygens (including phenoxy) is 1. The first-order chi connectivity index (χ1) is 7.79. The van der Waals surface area contributed by atoms with Gasteiger partial charge in [0.1, 0.15) is 6.61 Å². The van der Waals surface area contributed by atoms with Crippen LogP contribution in [0.25, 0.3) is 0 Å². The number of hydrogen-bond donors (Lipinski definition) is 0. The van der Waals surface area contributed by atoms with Gasteiger partial charge in [0.25, 0.3) is 0 Å². The molecule has 16 heavy (non-hydrogen) atoms. The van der Waals surface area contributed by atoms with Crippen LogP contribution < -0.4 is 0 Å². The molecule has 4 nitrogen and oxygen atoms in total. The number of methoxy groups -OCH3 is 1. The Morgan fingerprint density at radius 3 is 2.94 bits per heavy atom. The van der Waals surface area contributed by atoms with Gasteiger partial charge in [-0.1, -0.05) is 0 Å². The van der Waals surface area contributed by atoms with Gasteiger partial charge in [0, 0.05) is 19.7 Å². The van der Waals surface area contributed by atoms with Crippen LogP contribution in [0.4, 0.5) is 0 Å². The molecule has 0 aromatic heterocycles. The van der Waals surface area contributed by atoms with Gasteiger partial charge in [-0.15, -0.1) is 0 Å². The maximum atomic E-state index is 11.5. The third-order valence-corrected chi connectivity index (χ3v) is 3.59. The van der Waals surface area contributed by atoms with Crippen LogP contribution in [-0.2, 0) is 9.53 Å². The van der Waals surface area contributed by atoms with E-state index in [2.05, 4.69) is 9.80 Å². The highest BCUT2D eigenvalue weighted by molar-refractivity contribution is 5.81. The number of carbonyl (C=O) groups excluding carboxylic acids is 1. The molecule has 92 valence electrons. The van der Waals surface area contributed by atoms with E-state index < -0.39 is 0 Å². The van der Waals surface area contributed by atoms with E-state index in [0.29, 0.717) is 12.6 Å². The van der Waals surface area contributed by atoms with Crippen molar-refractivity contribution in [1.29, 1.82) is 0 Å². The summed E-state index contributed by atoms with van der Waals surface area (Å²) in [5.41, 5.74) is 0. The van der Waals surface area contributed by atoms with E-state index in [1.54, 1.807) is 7.11 Å². The fourth-order valence-corrected chi connectivity index (χ4v) is 2.88. The summed E-state index contributed by atoms with van der Waals surface area (Å²) in [5, 5.41) is 0. The van der Waals surface area contributed by atoms with Gasteiger partial charge in [-0.25, -0.2) is 0 Å². The van der Waals surface area contributed by atoms with Gasteiger partial charge in [0.15, 0.2) is 5.78 Å². The topological polar surface area (TPSA) is 32.8 Å². The number of fused-ring (bicyclic) bond motifs is 1. The maximum Gasteiger partial charge on any atom is 0.172 e. The van der Waals surface area contributed by atoms with Crippen molar-refractivity contribution in [3.8, 4) is 0 Å². The number of Topliss-reactive ketones (excluding diaryl/α,β-unsaturated/α-hetero) is 1. The Balaban J connectivity index is 1.83. The van der Waals surface area contributed by atoms with E-state index in [-0.39, 0.29) is 12.4 Å². The zero-order valence-corrected chi connectivity index (χ0v) is 10.2. The molecule has 2 aliphatic rings. The van der Waals surface area contributed by atoms with Crippen LogP contribution in [0.5, 0.6) is 0 Å². The molecule has 0 spiro atoms. The first-order valence-electron chi connectivity index (χ1n) is 6.26. The van der Waals surface area contributed by atoms with Crippen molar-refractivity contribution < 1.29 is 9.53 Å². The zero-order valence-electron chi connectivity index (χ0n) is 10.2. The Morgan fingerprint density at radius 2 is 2.12 bits per heavy atom. The first-order valence-corrected chi connectivity index (χ1v) is 6.26. The predicted octanol–water partition coefficient (Wildman–Crippen LogP) is 0.372. The fraction of sp³-hybridized carbons (Fsp3) is 0.917. The van der Waals surface area contributed by atoms with Crippen LogP contribution in [0.2, 0.25) is 0 Å². The minimum Gasteiger partial charge on any atom is -0.377 e. The SMILES string of the molecule is COCC(=O)CN1CCCN2CCCC2C1. The summed E-state index contributed by atoms with van der Waals surface area (Å²) in [4.78, 5) is 16.4. The molecule has 2 saturated heterocycles. The molecule has 0 N–H and O–H groups in total. The number of nitrogens with zero attached hydrogens (tertiary/aromatic N) is 2. The molecule has 0 bridgehead atoms. The molecule has 0 aromatic rings. The summed E-state index contributed by atoms with van der Waals surface area (Å²) in [5.74, 6) is 0.203. The monoisotopic (exact) mass is 226 g/mol. The molecule has 0 radical (unpaired) electrons. The molecule has 0 amide bonds. The van der Waals surface area contributed by atoms with Crippen LogP contribution in [0.3, 0.4) is 0 Å². The summed E-state index contributed by atoms with van der Waals surface area (Å²) in [7, 11) is 1.58. The minimum atomic E-state index is 0.203. The number of rotatable bonds is 4. The van der Waals surface area contributed by atoms with E-state index in [1.165, 1.54) is 32.4 Å². The molecule has 2 aliphatic heterocycles. The van der Waals surface area contributed by atoms with Crippen molar-refractivity contribution in [3.63, 3.8) is 0 Å². The number of hydrogen-bond acceptors (Lipinski definition) is 4. The molecule has 2 heterocycles. The lowest BCUT2D eigenvalue weighted by atomic mass is 10.2. The highest BCUT2D eigenvalue weighted by Gasteiger charge is 2.28. The Bertz CT molecular complexity index is 245. The third-order valence-electron chi connectivity index (χ3n) is 3.59. The van der Waals surface area contributed by atoms with Gasteiger partial charge in [0.2, 0.25) is 0 Å². The van der Waals surface area contributed by atoms with Crippen molar-refractivity contribution in [2.45, 2.75) is 25.3 Å². The fourth-order valence-electron chi connectivity index (χ4n) is 2.88. The van der Waals surface area contributed by atoms with E-state index in [4.69, 9.17) is 4.74 Å². The summed E-state index contributed by atoms with van der Waals surface area (Å²) in [6, 6.07) is 0.692. The molecule has 0 aliphatic carbocycles. The quantitative estimate of drug-likeness (QED) is 0.693. The molecule has 4 heteroatoms. The molecule has 1 atom stereocenters. The standard InChI is InChI=1S/C12H22N2O2/c1-16-10-12(15)9-13-5-3-7-14-6-2-4-11(14)8-13/h11H,2-10H2,1H3. The lowest BCUT2D eigenvalue weighted by molar-refractivity contribution is -0.123. The van der Waals surface area contributed by atoms with Crippen LogP contribution in [0.1, 0.15) is 19.3 Å². The van der Waals surface area contributed by atoms with Gasteiger partial charge in [0.05, 0.1) is 6.54 Å². The van der Waals surface area contributed by atoms with Crippen molar-refractivity contribution >= 4 is 5.78 Å². The van der Waals surface area contributed by atoms with Gasteiger partial charge >= 0.3 is 0 Å². The van der Waals surface area contributed by atoms with E-state index in [0.717, 1.165) is 13.1 Å². The van der Waals surface area contributed by atoms with Crippen LogP contribution in [-0.4, -0.2) is 68.1 Å². The minimum absolute atomic E-state index is 0.203. The second-order valence-corrected chi connectivity index (χ2v) is 4.89. The van der Waals surface area contributed by atoms with Gasteiger partial charge in [-0.3, -0.25) is 14.6 Å². The second kappa shape index (κ2) is 5.75. The van der Waals surface area contributed by atoms with Crippen molar-refractivity contribution in [2.75, 3.05) is 46.4 Å². The second-order valence-electron chi connectivity index (χ2n) is 4.89. The number of carbonyl (C=O) groups is 1. The molecular formula is C12H22N2O2. The molecule has 1 unspecified atom stereocenters. The van der Waals surface area contributed by atoms with Gasteiger partial charge in [-0.05, 0) is 38.9 Å². The summed E-state index contributed by atoms with van der Waals surface area (Å²) in [6.07, 6.45) is 3.82. The average Bonchev–Trinajstić information content (AvgIpc) is 2.58. The van der Waals surface area contributed by atoms with Crippen LogP contribution in [0.15, 0.2) is 0 Å². The van der Waals surface area contributed by atoms with Crippen LogP contribution >= 0.6 is 0 Å². The normalized spacial score (nSPS) is 27.7. The highest BCUT2D eigenvalue weighted by Crippen LogP contribution is 2.20. The molecule has 0 saturated carbocycles. The summed E-state index contributed by atoms with van der Waals surface area (Å²) >= 11 is 0. The lowest BCUT2D eigenvalue weighted by Gasteiger charge is -2.24. The largest absolute Gasteiger partial charge is 0.377 e. The predicted molar refractivity (Wildman–Crippen MR) is 62.5 cm³/mol. The third kappa shape index (κ3) is 3.03. The Kier molecular flexibility index (Phi) is 4.32. The van der Waals surface area contributed by atoms with E-state index in [9.17, 15) is 4.79 Å². The molecule has 0 aromatic carbocycles. The van der Waals surface area contributed by atoms with Crippen molar-refractivity contribution in [1.82, 2.24) is 9.80 Å². The van der Waals surface area contributed by atoms with Crippen molar-refractivity contribution in [2.24, 2.45) is 0 Å². The highest BCUT2D eigenvalue weighted by atomic mass is 16.5. The van der Waals surface area contributed by atoms with E-state index in [1.807, 2.05) is 0 Å². The van der Waals surface area contributed by atoms with E-state index >= 15 is 0 Å². The van der Waals surface area contributed by atoms with Crippen LogP contribution in [0, 0.1) is 0 Å². The molecule has 2 rings (SSSR count). The molecule has 2 fully saturated rings. The zero-order chi connectivity index (χ0) is 11.4. The first kappa shape index (κ1) is 12.0. The average molecular weight is 226 g/mol. The Labute approximate surface area is 97.5 Å². The molecular weight excluding hydrogens is 204 g/mol. The summed E-state index contributed by atoms with van der Waals surface area (Å²) < 4.78 is 4.88. The smallest absolute Gasteiger partial charge is 0.172 e. The Morgan fingerprint density at radius 1 is 1.31 bits per heavy atom. The maximum absolute atomic E-state index is 11.5.